The van der Waals surface area contributed by atoms with Crippen molar-refractivity contribution in [2.24, 2.45) is 0 Å². The van der Waals surface area contributed by atoms with Gasteiger partial charge >= 0.3 is 0 Å². The third kappa shape index (κ3) is 4.16. The summed E-state index contributed by atoms with van der Waals surface area (Å²) in [5.74, 6) is 0.803. The lowest BCUT2D eigenvalue weighted by molar-refractivity contribution is -0.131. The number of hydrogen-bond acceptors (Lipinski definition) is 4. The number of nitrogens with zero attached hydrogens (tertiary/aromatic N) is 1. The number of carbonyl (C=O) groups excluding carboxylic acids is 1. The Bertz CT molecular complexity index is 486. The maximum Gasteiger partial charge on any atom is 0.292 e. The molecule has 0 spiro atoms. The summed E-state index contributed by atoms with van der Waals surface area (Å²) in [6, 6.07) is 7.55. The fourth-order valence-electron chi connectivity index (χ4n) is 1.60. The average molecular weight is 342 g/mol. The Morgan fingerprint density at radius 3 is 2.75 bits per heavy atom. The van der Waals surface area contributed by atoms with Gasteiger partial charge in [0.15, 0.2) is 0 Å². The lowest BCUT2D eigenvalue weighted by atomic mass is 10.3. The van der Waals surface area contributed by atoms with Crippen molar-refractivity contribution in [2.75, 3.05) is 33.4 Å². The zero-order valence-corrected chi connectivity index (χ0v) is 12.8. The summed E-state index contributed by atoms with van der Waals surface area (Å²) in [6.45, 7) is 1.77. The molecule has 0 bridgehead atoms. The van der Waals surface area contributed by atoms with Gasteiger partial charge in [0, 0.05) is 11.5 Å². The molecule has 0 saturated carbocycles. The van der Waals surface area contributed by atoms with E-state index in [1.807, 2.05) is 24.3 Å². The molecular formula is C14H16BrNO4. The van der Waals surface area contributed by atoms with E-state index in [0.717, 1.165) is 10.2 Å². The standard InChI is InChI=1S/C14H16BrNO4/c1-16(14(17)13-10-18-8-9-20-13)6-7-19-12-4-2-11(15)3-5-12/h2-5,10H,6-9H2,1H3. The van der Waals surface area contributed by atoms with Gasteiger partial charge in [0.05, 0.1) is 6.54 Å². The number of ether oxygens (including phenoxy) is 3. The van der Waals surface area contributed by atoms with Crippen LogP contribution in [0.15, 0.2) is 40.8 Å². The number of hydrogen-bond donors (Lipinski definition) is 0. The van der Waals surface area contributed by atoms with Crippen LogP contribution in [0.2, 0.25) is 0 Å². The SMILES string of the molecule is CN(CCOc1ccc(Br)cc1)C(=O)C1=COCCO1. The van der Waals surface area contributed by atoms with Crippen molar-refractivity contribution in [3.05, 3.63) is 40.8 Å². The Labute approximate surface area is 126 Å². The molecule has 6 heteroatoms. The quantitative estimate of drug-likeness (QED) is 0.823. The molecule has 0 atom stereocenters. The molecular weight excluding hydrogens is 326 g/mol. The van der Waals surface area contributed by atoms with Crippen LogP contribution in [0.5, 0.6) is 5.75 Å². The Morgan fingerprint density at radius 2 is 2.10 bits per heavy atom. The summed E-state index contributed by atoms with van der Waals surface area (Å²) in [6.07, 6.45) is 1.36. The minimum atomic E-state index is -0.205. The average Bonchev–Trinajstić information content (AvgIpc) is 2.49. The molecule has 1 heterocycles. The maximum atomic E-state index is 12.0. The molecule has 20 heavy (non-hydrogen) atoms. The number of rotatable bonds is 5. The molecule has 5 nitrogen and oxygen atoms in total. The predicted molar refractivity (Wildman–Crippen MR) is 77.3 cm³/mol. The fourth-order valence-corrected chi connectivity index (χ4v) is 1.87. The highest BCUT2D eigenvalue weighted by molar-refractivity contribution is 9.10. The Balaban J connectivity index is 1.77. The second-order valence-corrected chi connectivity index (χ2v) is 5.15. The van der Waals surface area contributed by atoms with E-state index in [4.69, 9.17) is 14.2 Å². The van der Waals surface area contributed by atoms with Crippen LogP contribution < -0.4 is 4.74 Å². The zero-order valence-electron chi connectivity index (χ0n) is 11.2. The first-order valence-corrected chi connectivity index (χ1v) is 7.04. The van der Waals surface area contributed by atoms with Crippen LogP contribution in [0.1, 0.15) is 0 Å². The smallest absolute Gasteiger partial charge is 0.292 e. The van der Waals surface area contributed by atoms with Gasteiger partial charge in [-0.1, -0.05) is 15.9 Å². The van der Waals surface area contributed by atoms with Crippen LogP contribution in [0, 0.1) is 0 Å². The van der Waals surface area contributed by atoms with Gasteiger partial charge in [-0.2, -0.15) is 0 Å². The minimum absolute atomic E-state index is 0.205. The van der Waals surface area contributed by atoms with Crippen LogP contribution in [-0.4, -0.2) is 44.2 Å². The highest BCUT2D eigenvalue weighted by atomic mass is 79.9. The second kappa shape index (κ2) is 7.19. The summed E-state index contributed by atoms with van der Waals surface area (Å²) in [5.41, 5.74) is 0. The number of halogens is 1. The summed E-state index contributed by atoms with van der Waals surface area (Å²) >= 11 is 3.36. The molecule has 0 radical (unpaired) electrons. The van der Waals surface area contributed by atoms with Crippen LogP contribution in [0.4, 0.5) is 0 Å². The van der Waals surface area contributed by atoms with Gasteiger partial charge in [-0.25, -0.2) is 0 Å². The molecule has 108 valence electrons. The minimum Gasteiger partial charge on any atom is -0.494 e. The topological polar surface area (TPSA) is 48.0 Å². The molecule has 0 aromatic heterocycles. The molecule has 0 N–H and O–H groups in total. The maximum absolute atomic E-state index is 12.0. The third-order valence-electron chi connectivity index (χ3n) is 2.72. The summed E-state index contributed by atoms with van der Waals surface area (Å²) in [4.78, 5) is 13.5. The van der Waals surface area contributed by atoms with Crippen molar-refractivity contribution in [2.45, 2.75) is 0 Å². The molecule has 1 aromatic carbocycles. The molecule has 0 fully saturated rings. The Kier molecular flexibility index (Phi) is 5.29. The fraction of sp³-hybridized carbons (Fsp3) is 0.357. The summed E-state index contributed by atoms with van der Waals surface area (Å²) in [5, 5.41) is 0. The zero-order chi connectivity index (χ0) is 14.4. The number of amides is 1. The summed E-state index contributed by atoms with van der Waals surface area (Å²) < 4.78 is 16.9. The molecule has 0 unspecified atom stereocenters. The van der Waals surface area contributed by atoms with Crippen molar-refractivity contribution < 1.29 is 19.0 Å². The van der Waals surface area contributed by atoms with Crippen LogP contribution in [-0.2, 0) is 14.3 Å². The lowest BCUT2D eigenvalue weighted by Crippen LogP contribution is -2.33. The third-order valence-corrected chi connectivity index (χ3v) is 3.24. The summed E-state index contributed by atoms with van der Waals surface area (Å²) in [7, 11) is 1.70. The van der Waals surface area contributed by atoms with Gasteiger partial charge < -0.3 is 19.1 Å². The largest absolute Gasteiger partial charge is 0.494 e. The van der Waals surface area contributed by atoms with Gasteiger partial charge in [0.1, 0.15) is 31.8 Å². The van der Waals surface area contributed by atoms with Gasteiger partial charge in [-0.05, 0) is 24.3 Å². The van der Waals surface area contributed by atoms with E-state index >= 15 is 0 Å². The first-order chi connectivity index (χ1) is 9.66. The monoisotopic (exact) mass is 341 g/mol. The highest BCUT2D eigenvalue weighted by Gasteiger charge is 2.19. The normalized spacial score (nSPS) is 13.8. The van der Waals surface area contributed by atoms with Crippen molar-refractivity contribution in [3.63, 3.8) is 0 Å². The van der Waals surface area contributed by atoms with E-state index in [9.17, 15) is 4.79 Å². The molecule has 1 aromatic rings. The van der Waals surface area contributed by atoms with E-state index in [-0.39, 0.29) is 11.7 Å². The van der Waals surface area contributed by atoms with Crippen molar-refractivity contribution in [3.8, 4) is 5.75 Å². The van der Waals surface area contributed by atoms with E-state index in [0.29, 0.717) is 26.4 Å². The molecule has 0 aliphatic carbocycles. The second-order valence-electron chi connectivity index (χ2n) is 4.23. The van der Waals surface area contributed by atoms with Crippen LogP contribution >= 0.6 is 15.9 Å². The van der Waals surface area contributed by atoms with Crippen molar-refractivity contribution in [1.82, 2.24) is 4.90 Å². The molecule has 1 amide bonds. The number of carbonyl (C=O) groups is 1. The Morgan fingerprint density at radius 1 is 1.35 bits per heavy atom. The van der Waals surface area contributed by atoms with Crippen LogP contribution in [0.25, 0.3) is 0 Å². The van der Waals surface area contributed by atoms with Gasteiger partial charge in [0.2, 0.25) is 5.76 Å². The van der Waals surface area contributed by atoms with Crippen molar-refractivity contribution >= 4 is 21.8 Å². The predicted octanol–water partition coefficient (Wildman–Crippen LogP) is 2.17. The van der Waals surface area contributed by atoms with Gasteiger partial charge in [0.25, 0.3) is 5.91 Å². The number of benzene rings is 1. The van der Waals surface area contributed by atoms with Gasteiger partial charge in [-0.3, -0.25) is 4.79 Å². The van der Waals surface area contributed by atoms with Crippen molar-refractivity contribution in [1.29, 1.82) is 0 Å². The highest BCUT2D eigenvalue weighted by Crippen LogP contribution is 2.16. The molecule has 1 aliphatic rings. The lowest BCUT2D eigenvalue weighted by Gasteiger charge is -2.21. The van der Waals surface area contributed by atoms with E-state index in [1.54, 1.807) is 11.9 Å². The first-order valence-electron chi connectivity index (χ1n) is 6.25. The van der Waals surface area contributed by atoms with E-state index in [1.165, 1.54) is 6.26 Å². The van der Waals surface area contributed by atoms with E-state index < -0.39 is 0 Å². The molecule has 2 rings (SSSR count). The van der Waals surface area contributed by atoms with E-state index in [2.05, 4.69) is 15.9 Å². The first kappa shape index (κ1) is 14.7. The van der Waals surface area contributed by atoms with Gasteiger partial charge in [-0.15, -0.1) is 0 Å². The molecule has 0 saturated heterocycles. The van der Waals surface area contributed by atoms with Crippen LogP contribution in [0.3, 0.4) is 0 Å². The Hall–Kier alpha value is -1.69. The number of likely N-dealkylation sites (N-methyl/N-ethyl adjacent to an activating group) is 1. The molecule has 1 aliphatic heterocycles.